The van der Waals surface area contributed by atoms with Crippen molar-refractivity contribution >= 4 is 0 Å². The summed E-state index contributed by atoms with van der Waals surface area (Å²) in [6, 6.07) is 2.27. The topological polar surface area (TPSA) is 21.3 Å². The standard InChI is InChI=1S/C13H19F2NO/c1-4-7-17-8-11(16-3)12-10(14)6-5-9(2)13(12)15/h5-6,11,16H,4,7-8H2,1-3H3. The number of benzene rings is 1. The van der Waals surface area contributed by atoms with Crippen LogP contribution in [0.25, 0.3) is 0 Å². The molecule has 0 spiro atoms. The third-order valence-electron chi connectivity index (χ3n) is 2.65. The fraction of sp³-hybridized carbons (Fsp3) is 0.538. The summed E-state index contributed by atoms with van der Waals surface area (Å²) in [5, 5.41) is 2.88. The zero-order valence-corrected chi connectivity index (χ0v) is 10.5. The van der Waals surface area contributed by atoms with Crippen molar-refractivity contribution in [1.82, 2.24) is 5.32 Å². The summed E-state index contributed by atoms with van der Waals surface area (Å²) in [4.78, 5) is 0. The Kier molecular flexibility index (Phi) is 5.51. The maximum Gasteiger partial charge on any atom is 0.133 e. The summed E-state index contributed by atoms with van der Waals surface area (Å²) in [5.41, 5.74) is 0.501. The third-order valence-corrected chi connectivity index (χ3v) is 2.65. The van der Waals surface area contributed by atoms with E-state index in [2.05, 4.69) is 5.32 Å². The molecule has 0 aliphatic rings. The molecule has 1 atom stereocenters. The molecule has 0 heterocycles. The maximum absolute atomic E-state index is 13.9. The normalized spacial score (nSPS) is 12.8. The molecule has 0 saturated carbocycles. The quantitative estimate of drug-likeness (QED) is 0.776. The van der Waals surface area contributed by atoms with Gasteiger partial charge in [0.2, 0.25) is 0 Å². The van der Waals surface area contributed by atoms with Crippen molar-refractivity contribution in [1.29, 1.82) is 0 Å². The van der Waals surface area contributed by atoms with E-state index in [1.807, 2.05) is 6.92 Å². The van der Waals surface area contributed by atoms with E-state index in [0.717, 1.165) is 6.42 Å². The SMILES string of the molecule is CCCOCC(NC)c1c(F)ccc(C)c1F. The van der Waals surface area contributed by atoms with Gasteiger partial charge in [0.25, 0.3) is 0 Å². The van der Waals surface area contributed by atoms with Crippen molar-refractivity contribution in [3.63, 3.8) is 0 Å². The minimum absolute atomic E-state index is 0.0589. The molecule has 17 heavy (non-hydrogen) atoms. The predicted molar refractivity (Wildman–Crippen MR) is 64.0 cm³/mol. The molecule has 1 aromatic rings. The van der Waals surface area contributed by atoms with Gasteiger partial charge < -0.3 is 10.1 Å². The van der Waals surface area contributed by atoms with Gasteiger partial charge in [-0.25, -0.2) is 8.78 Å². The van der Waals surface area contributed by atoms with Gasteiger partial charge in [-0.15, -0.1) is 0 Å². The van der Waals surface area contributed by atoms with Crippen LogP contribution in [-0.4, -0.2) is 20.3 Å². The fourth-order valence-corrected chi connectivity index (χ4v) is 1.65. The number of ether oxygens (including phenoxy) is 1. The van der Waals surface area contributed by atoms with Crippen LogP contribution in [0.3, 0.4) is 0 Å². The summed E-state index contributed by atoms with van der Waals surface area (Å²) >= 11 is 0. The van der Waals surface area contributed by atoms with Crippen LogP contribution in [0.2, 0.25) is 0 Å². The van der Waals surface area contributed by atoms with Gasteiger partial charge in [0.15, 0.2) is 0 Å². The Morgan fingerprint density at radius 2 is 2.06 bits per heavy atom. The maximum atomic E-state index is 13.9. The number of likely N-dealkylation sites (N-methyl/N-ethyl adjacent to an activating group) is 1. The van der Waals surface area contributed by atoms with Crippen LogP contribution in [0.5, 0.6) is 0 Å². The third kappa shape index (κ3) is 3.48. The van der Waals surface area contributed by atoms with E-state index in [9.17, 15) is 8.78 Å². The van der Waals surface area contributed by atoms with E-state index in [1.165, 1.54) is 12.1 Å². The minimum atomic E-state index is -0.535. The monoisotopic (exact) mass is 243 g/mol. The summed E-state index contributed by atoms with van der Waals surface area (Å²) in [6.07, 6.45) is 0.884. The van der Waals surface area contributed by atoms with Crippen molar-refractivity contribution in [2.75, 3.05) is 20.3 Å². The van der Waals surface area contributed by atoms with Crippen LogP contribution < -0.4 is 5.32 Å². The molecule has 1 rings (SSSR count). The van der Waals surface area contributed by atoms with Crippen molar-refractivity contribution < 1.29 is 13.5 Å². The van der Waals surface area contributed by atoms with Crippen LogP contribution >= 0.6 is 0 Å². The van der Waals surface area contributed by atoms with Gasteiger partial charge >= 0.3 is 0 Å². The lowest BCUT2D eigenvalue weighted by molar-refractivity contribution is 0.112. The van der Waals surface area contributed by atoms with Crippen LogP contribution in [0.4, 0.5) is 8.78 Å². The Hall–Kier alpha value is -1.00. The second kappa shape index (κ2) is 6.67. The Bertz CT molecular complexity index is 369. The first-order valence-electron chi connectivity index (χ1n) is 5.81. The summed E-state index contributed by atoms with van der Waals surface area (Å²) in [7, 11) is 1.67. The molecule has 0 fully saturated rings. The van der Waals surface area contributed by atoms with E-state index < -0.39 is 17.7 Å². The summed E-state index contributed by atoms with van der Waals surface area (Å²) < 4.78 is 32.9. The summed E-state index contributed by atoms with van der Waals surface area (Å²) in [6.45, 7) is 4.47. The lowest BCUT2D eigenvalue weighted by Crippen LogP contribution is -2.24. The lowest BCUT2D eigenvalue weighted by Gasteiger charge is -2.19. The van der Waals surface area contributed by atoms with E-state index in [-0.39, 0.29) is 12.2 Å². The molecule has 4 heteroatoms. The first kappa shape index (κ1) is 14.1. The molecule has 1 aromatic carbocycles. The average molecular weight is 243 g/mol. The Morgan fingerprint density at radius 1 is 1.35 bits per heavy atom. The van der Waals surface area contributed by atoms with E-state index in [0.29, 0.717) is 12.2 Å². The second-order valence-electron chi connectivity index (χ2n) is 4.01. The number of hydrogen-bond donors (Lipinski definition) is 1. The zero-order chi connectivity index (χ0) is 12.8. The van der Waals surface area contributed by atoms with Crippen LogP contribution in [0.15, 0.2) is 12.1 Å². The van der Waals surface area contributed by atoms with Crippen molar-refractivity contribution in [3.05, 3.63) is 34.9 Å². The highest BCUT2D eigenvalue weighted by Crippen LogP contribution is 2.23. The van der Waals surface area contributed by atoms with Gasteiger partial charge in [0.1, 0.15) is 11.6 Å². The van der Waals surface area contributed by atoms with Gasteiger partial charge in [-0.05, 0) is 32.0 Å². The highest BCUT2D eigenvalue weighted by molar-refractivity contribution is 5.29. The van der Waals surface area contributed by atoms with E-state index in [1.54, 1.807) is 14.0 Å². The fourth-order valence-electron chi connectivity index (χ4n) is 1.65. The van der Waals surface area contributed by atoms with Gasteiger partial charge in [-0.1, -0.05) is 13.0 Å². The number of aryl methyl sites for hydroxylation is 1. The molecule has 0 saturated heterocycles. The Morgan fingerprint density at radius 3 is 2.65 bits per heavy atom. The molecule has 0 radical (unpaired) electrons. The molecule has 1 unspecified atom stereocenters. The summed E-state index contributed by atoms with van der Waals surface area (Å²) in [5.74, 6) is -1.03. The van der Waals surface area contributed by atoms with Gasteiger partial charge in [-0.2, -0.15) is 0 Å². The van der Waals surface area contributed by atoms with E-state index in [4.69, 9.17) is 4.74 Å². The molecule has 2 nitrogen and oxygen atoms in total. The Balaban J connectivity index is 2.91. The van der Waals surface area contributed by atoms with Crippen molar-refractivity contribution in [3.8, 4) is 0 Å². The smallest absolute Gasteiger partial charge is 0.133 e. The highest BCUT2D eigenvalue weighted by Gasteiger charge is 2.20. The van der Waals surface area contributed by atoms with Crippen LogP contribution in [0.1, 0.15) is 30.5 Å². The molecule has 0 amide bonds. The zero-order valence-electron chi connectivity index (χ0n) is 10.5. The number of halogens is 2. The van der Waals surface area contributed by atoms with Crippen LogP contribution in [0, 0.1) is 18.6 Å². The molecule has 0 aliphatic carbocycles. The molecule has 0 aromatic heterocycles. The molecular weight excluding hydrogens is 224 g/mol. The molecular formula is C13H19F2NO. The van der Waals surface area contributed by atoms with Crippen LogP contribution in [-0.2, 0) is 4.74 Å². The first-order chi connectivity index (χ1) is 8.11. The average Bonchev–Trinajstić information content (AvgIpc) is 2.32. The highest BCUT2D eigenvalue weighted by atomic mass is 19.1. The lowest BCUT2D eigenvalue weighted by atomic mass is 10.0. The van der Waals surface area contributed by atoms with Crippen molar-refractivity contribution in [2.24, 2.45) is 0 Å². The first-order valence-corrected chi connectivity index (χ1v) is 5.81. The number of nitrogens with one attached hydrogen (secondary N) is 1. The molecule has 96 valence electrons. The van der Waals surface area contributed by atoms with E-state index >= 15 is 0 Å². The largest absolute Gasteiger partial charge is 0.379 e. The molecule has 1 N–H and O–H groups in total. The van der Waals surface area contributed by atoms with Gasteiger partial charge in [0.05, 0.1) is 12.6 Å². The van der Waals surface area contributed by atoms with Crippen molar-refractivity contribution in [2.45, 2.75) is 26.3 Å². The molecule has 0 bridgehead atoms. The van der Waals surface area contributed by atoms with Gasteiger partial charge in [-0.3, -0.25) is 0 Å². The predicted octanol–water partition coefficient (Wildman–Crippen LogP) is 2.96. The number of rotatable bonds is 6. The Labute approximate surface area is 101 Å². The second-order valence-corrected chi connectivity index (χ2v) is 4.01. The van der Waals surface area contributed by atoms with Gasteiger partial charge in [0, 0.05) is 12.2 Å². The molecule has 0 aliphatic heterocycles. The number of hydrogen-bond acceptors (Lipinski definition) is 2. The minimum Gasteiger partial charge on any atom is -0.379 e.